The molecule has 0 aromatic carbocycles. The fourth-order valence-corrected chi connectivity index (χ4v) is 0.671. The molecule has 8 heavy (non-hydrogen) atoms. The molecular formula is C2H6CuO2PS2. The number of hydrogen-bond donors (Lipinski definition) is 0. The summed E-state index contributed by atoms with van der Waals surface area (Å²) in [5.74, 6) is 0. The molecule has 0 aliphatic heterocycles. The van der Waals surface area contributed by atoms with E-state index in [1.807, 2.05) is 0 Å². The van der Waals surface area contributed by atoms with Gasteiger partial charge in [0.1, 0.15) is 0 Å². The second-order valence-corrected chi connectivity index (χ2v) is 7.11. The molecular weight excluding hydrogens is 215 g/mol. The van der Waals surface area contributed by atoms with Crippen LogP contribution in [0.1, 0.15) is 0 Å². The van der Waals surface area contributed by atoms with E-state index in [-0.39, 0.29) is 17.1 Å². The van der Waals surface area contributed by atoms with Crippen LogP contribution >= 0.6 is 17.1 Å². The van der Waals surface area contributed by atoms with Crippen molar-refractivity contribution < 1.29 is 26.5 Å². The van der Waals surface area contributed by atoms with Crippen LogP contribution in [0.3, 0.4) is 0 Å². The summed E-state index contributed by atoms with van der Waals surface area (Å²) in [5.41, 5.74) is -2.65. The van der Waals surface area contributed by atoms with Crippen LogP contribution in [0.2, 0.25) is 0 Å². The smallest absolute Gasteiger partial charge is 0.793 e. The van der Waals surface area contributed by atoms with Gasteiger partial charge < -0.3 is 9.42 Å². The van der Waals surface area contributed by atoms with Gasteiger partial charge in [0.2, 0.25) is 0 Å². The number of hydrogen-bond acceptors (Lipinski definition) is 4. The van der Waals surface area contributed by atoms with Crippen molar-refractivity contribution in [3.8, 4) is 0 Å². The molecule has 0 saturated carbocycles. The second-order valence-electron chi connectivity index (χ2n) is 0.812. The zero-order valence-electron chi connectivity index (χ0n) is 4.38. The summed E-state index contributed by atoms with van der Waals surface area (Å²) in [6, 6.07) is 0. The van der Waals surface area contributed by atoms with Crippen LogP contribution in [0.25, 0.3) is 0 Å². The van der Waals surface area contributed by atoms with Gasteiger partial charge in [-0.05, 0) is 6.26 Å². The Morgan fingerprint density at radius 3 is 2.12 bits per heavy atom. The maximum Gasteiger partial charge on any atom is 1.00 e. The molecule has 0 aromatic rings. The van der Waals surface area contributed by atoms with Crippen LogP contribution < -0.4 is 4.89 Å². The van der Waals surface area contributed by atoms with Gasteiger partial charge in [-0.15, -0.1) is 11.4 Å². The minimum Gasteiger partial charge on any atom is -0.793 e. The quantitative estimate of drug-likeness (QED) is 0.504. The standard InChI is InChI=1S/C2H7O2PS2.Cu/c1-4-5(3,6)7-2;/h1-2H3,(H,3,6);/q;+1/p-1. The monoisotopic (exact) mass is 220 g/mol. The minimum atomic E-state index is -2.65. The third-order valence-corrected chi connectivity index (χ3v) is 4.92. The Morgan fingerprint density at radius 1 is 1.75 bits per heavy atom. The van der Waals surface area contributed by atoms with Crippen LogP contribution in [0.15, 0.2) is 0 Å². The topological polar surface area (TPSA) is 32.3 Å². The largest absolute Gasteiger partial charge is 1.00 e. The van der Waals surface area contributed by atoms with Gasteiger partial charge in [-0.2, -0.15) is 0 Å². The third-order valence-electron chi connectivity index (χ3n) is 0.447. The summed E-state index contributed by atoms with van der Waals surface area (Å²) in [5, 5.41) is 0. The van der Waals surface area contributed by atoms with E-state index in [9.17, 15) is 4.89 Å². The van der Waals surface area contributed by atoms with E-state index >= 15 is 0 Å². The molecule has 0 rings (SSSR count). The Kier molecular flexibility index (Phi) is 7.96. The molecule has 6 heteroatoms. The fraction of sp³-hybridized carbons (Fsp3) is 1.00. The van der Waals surface area contributed by atoms with Crippen molar-refractivity contribution in [1.29, 1.82) is 0 Å². The predicted molar refractivity (Wildman–Crippen MR) is 34.8 cm³/mol. The van der Waals surface area contributed by atoms with Crippen molar-refractivity contribution in [3.63, 3.8) is 0 Å². The maximum absolute atomic E-state index is 10.5. The van der Waals surface area contributed by atoms with Crippen LogP contribution in [0.4, 0.5) is 0 Å². The molecule has 0 saturated heterocycles. The molecule has 1 atom stereocenters. The third kappa shape index (κ3) is 5.57. The zero-order valence-corrected chi connectivity index (χ0v) is 7.85. The molecule has 0 aliphatic rings. The minimum absolute atomic E-state index is 0. The zero-order chi connectivity index (χ0) is 5.91. The van der Waals surface area contributed by atoms with E-state index in [1.54, 1.807) is 6.26 Å². The molecule has 0 aromatic heterocycles. The Hall–Kier alpha value is 1.44. The van der Waals surface area contributed by atoms with Crippen LogP contribution in [-0.2, 0) is 33.4 Å². The van der Waals surface area contributed by atoms with Crippen LogP contribution in [0.5, 0.6) is 0 Å². The van der Waals surface area contributed by atoms with Crippen LogP contribution in [-0.4, -0.2) is 13.4 Å². The molecule has 0 heterocycles. The van der Waals surface area contributed by atoms with Gasteiger partial charge in [-0.1, -0.05) is 11.8 Å². The van der Waals surface area contributed by atoms with Crippen molar-refractivity contribution >= 4 is 28.9 Å². The summed E-state index contributed by atoms with van der Waals surface area (Å²) in [4.78, 5) is 10.5. The molecule has 0 fully saturated rings. The Morgan fingerprint density at radius 2 is 2.12 bits per heavy atom. The average Bonchev–Trinajstić information content (AvgIpc) is 1.68. The average molecular weight is 221 g/mol. The Balaban J connectivity index is 0. The second kappa shape index (κ2) is 5.24. The summed E-state index contributed by atoms with van der Waals surface area (Å²) >= 11 is 5.52. The molecule has 0 spiro atoms. The van der Waals surface area contributed by atoms with Crippen molar-refractivity contribution in [2.24, 2.45) is 0 Å². The molecule has 0 aliphatic carbocycles. The first-order valence-corrected chi connectivity index (χ1v) is 6.01. The van der Waals surface area contributed by atoms with Gasteiger partial charge in [0.15, 0.2) is 0 Å². The number of rotatable bonds is 2. The molecule has 2 nitrogen and oxygen atoms in total. The predicted octanol–water partition coefficient (Wildman–Crippen LogP) is 0.578. The summed E-state index contributed by atoms with van der Waals surface area (Å²) in [7, 11) is 1.35. The van der Waals surface area contributed by atoms with Crippen molar-refractivity contribution in [2.45, 2.75) is 0 Å². The van der Waals surface area contributed by atoms with E-state index in [0.717, 1.165) is 11.4 Å². The molecule has 0 radical (unpaired) electrons. The Bertz CT molecular complexity index is 90.0. The fourth-order valence-electron chi connectivity index (χ4n) is 0.0745. The molecule has 1 unspecified atom stereocenters. The van der Waals surface area contributed by atoms with E-state index < -0.39 is 5.69 Å². The van der Waals surface area contributed by atoms with E-state index in [4.69, 9.17) is 0 Å². The van der Waals surface area contributed by atoms with Crippen molar-refractivity contribution in [2.75, 3.05) is 13.4 Å². The summed E-state index contributed by atoms with van der Waals surface area (Å²) in [6.07, 6.45) is 1.66. The van der Waals surface area contributed by atoms with E-state index in [2.05, 4.69) is 16.3 Å². The van der Waals surface area contributed by atoms with Crippen LogP contribution in [0, 0.1) is 0 Å². The van der Waals surface area contributed by atoms with Gasteiger partial charge in [0, 0.05) is 12.8 Å². The first-order chi connectivity index (χ1) is 3.12. The molecule has 0 bridgehead atoms. The van der Waals surface area contributed by atoms with Gasteiger partial charge in [0.25, 0.3) is 0 Å². The maximum atomic E-state index is 10.5. The molecule has 54 valence electrons. The van der Waals surface area contributed by atoms with Gasteiger partial charge in [0.05, 0.1) is 0 Å². The summed E-state index contributed by atoms with van der Waals surface area (Å²) < 4.78 is 4.42. The van der Waals surface area contributed by atoms with Crippen molar-refractivity contribution in [1.82, 2.24) is 0 Å². The van der Waals surface area contributed by atoms with Gasteiger partial charge in [-0.3, -0.25) is 0 Å². The van der Waals surface area contributed by atoms with Gasteiger partial charge >= 0.3 is 17.1 Å². The first kappa shape index (κ1) is 12.1. The van der Waals surface area contributed by atoms with E-state index in [1.165, 1.54) is 7.11 Å². The van der Waals surface area contributed by atoms with E-state index in [0.29, 0.717) is 0 Å². The van der Waals surface area contributed by atoms with Gasteiger partial charge in [-0.25, -0.2) is 0 Å². The SMILES string of the molecule is COP([O-])(=S)SC.[Cu+]. The summed E-state index contributed by atoms with van der Waals surface area (Å²) in [6.45, 7) is 0. The molecule has 0 amide bonds. The van der Waals surface area contributed by atoms with Crippen molar-refractivity contribution in [3.05, 3.63) is 0 Å². The Labute approximate surface area is 68.8 Å². The first-order valence-electron chi connectivity index (χ1n) is 1.55. The normalized spacial score (nSPS) is 16.4. The molecule has 0 N–H and O–H groups in total.